The van der Waals surface area contributed by atoms with E-state index in [1.807, 2.05) is 20.8 Å². The molecule has 0 amide bonds. The van der Waals surface area contributed by atoms with Gasteiger partial charge in [0.1, 0.15) is 34.3 Å². The Bertz CT molecular complexity index is 1890. The number of fused-ring (bicyclic) bond motifs is 6. The highest BCUT2D eigenvalue weighted by atomic mass is 32.2. The normalized spacial score (nSPS) is 35.9. The number of hydrogen-bond donors (Lipinski definition) is 0. The minimum atomic E-state index is -5.70. The van der Waals surface area contributed by atoms with E-state index in [4.69, 9.17) is 8.92 Å². The van der Waals surface area contributed by atoms with Crippen LogP contribution in [0.3, 0.4) is 0 Å². The smallest absolute Gasteiger partial charge is 0.455 e. The zero-order chi connectivity index (χ0) is 39.5. The first-order chi connectivity index (χ1) is 24.2. The summed E-state index contributed by atoms with van der Waals surface area (Å²) in [6.45, 7) is 8.76. The Balaban J connectivity index is 0.000000156. The minimum Gasteiger partial charge on any atom is -0.455 e. The molecule has 0 radical (unpaired) electrons. The maximum atomic E-state index is 14.1. The summed E-state index contributed by atoms with van der Waals surface area (Å²) < 4.78 is 140. The van der Waals surface area contributed by atoms with Gasteiger partial charge in [0.15, 0.2) is 0 Å². The van der Waals surface area contributed by atoms with Crippen LogP contribution in [0, 0.1) is 23.2 Å². The van der Waals surface area contributed by atoms with E-state index < -0.39 is 59.2 Å². The monoisotopic (exact) mass is 796 g/mol. The predicted octanol–water partition coefficient (Wildman–Crippen LogP) is 9.66. The average Bonchev–Trinajstić information content (AvgIpc) is 3.04. The summed E-state index contributed by atoms with van der Waals surface area (Å²) in [5.41, 5.74) is -9.22. The van der Waals surface area contributed by atoms with Crippen molar-refractivity contribution in [2.75, 3.05) is 0 Å². The quantitative estimate of drug-likeness (QED) is 0.121. The highest BCUT2D eigenvalue weighted by molar-refractivity contribution is 7.87. The average molecular weight is 797 g/mol. The molecule has 0 aromatic heterocycles. The van der Waals surface area contributed by atoms with Crippen molar-refractivity contribution in [1.29, 1.82) is 0 Å². The van der Waals surface area contributed by atoms with E-state index in [0.717, 1.165) is 37.3 Å². The van der Waals surface area contributed by atoms with Gasteiger partial charge in [0.05, 0.1) is 4.90 Å². The summed E-state index contributed by atoms with van der Waals surface area (Å²) in [4.78, 5) is 11.0. The van der Waals surface area contributed by atoms with Crippen molar-refractivity contribution in [3.8, 4) is 0 Å². The van der Waals surface area contributed by atoms with Crippen molar-refractivity contribution in [3.63, 3.8) is 0 Å². The van der Waals surface area contributed by atoms with Gasteiger partial charge in [-0.2, -0.15) is 30.0 Å². The van der Waals surface area contributed by atoms with Gasteiger partial charge >= 0.3 is 21.6 Å². The topological polar surface area (TPSA) is 113 Å². The molecule has 0 unspecified atom stereocenters. The third kappa shape index (κ3) is 8.45. The number of halogens is 6. The van der Waals surface area contributed by atoms with E-state index in [1.165, 1.54) is 31.2 Å². The molecule has 0 N–H and O–H groups in total. The summed E-state index contributed by atoms with van der Waals surface area (Å²) in [7, 11) is -9.57. The highest BCUT2D eigenvalue weighted by Gasteiger charge is 2.56. The number of allylic oxidation sites excluding steroid dienone is 3. The predicted molar refractivity (Wildman–Crippen MR) is 183 cm³/mol. The van der Waals surface area contributed by atoms with E-state index in [-0.39, 0.29) is 53.6 Å². The van der Waals surface area contributed by atoms with Crippen molar-refractivity contribution >= 4 is 26.2 Å². The summed E-state index contributed by atoms with van der Waals surface area (Å²) >= 11 is 0. The largest absolute Gasteiger partial charge is 0.523 e. The Morgan fingerprint density at radius 2 is 0.943 bits per heavy atom. The molecule has 53 heavy (non-hydrogen) atoms. The third-order valence-electron chi connectivity index (χ3n) is 12.0. The van der Waals surface area contributed by atoms with Crippen LogP contribution in [0.15, 0.2) is 64.9 Å². The molecule has 1 aromatic rings. The second-order valence-electron chi connectivity index (χ2n) is 16.3. The standard InChI is InChI=1S/C16H19FO3S.C11H15FO2.C10H12F4O3S/c1-12-3-5-13(6-4-12)21(18,19)20-16-9-7-15(2,8-10-16)14(17)11-16;1-8(13)14-11-5-3-10(2,4-6-11)9(12)7-11;1-8-2-4-9(5-3-8,6-7(8)11)17-18(15,16)10(12,13)14/h3-6,11H,7-10H2,1-2H3;7H,3-6H2,1-2H3;6H,2-5H2,1H3. The van der Waals surface area contributed by atoms with Crippen LogP contribution in [0.5, 0.6) is 0 Å². The fraction of sp³-hybridized carbons (Fsp3) is 0.649. The summed E-state index contributed by atoms with van der Waals surface area (Å²) in [6, 6.07) is 6.50. The van der Waals surface area contributed by atoms with Crippen LogP contribution in [-0.4, -0.2) is 45.1 Å². The molecule has 0 heterocycles. The van der Waals surface area contributed by atoms with Crippen LogP contribution in [0.1, 0.15) is 110 Å². The van der Waals surface area contributed by atoms with Gasteiger partial charge in [-0.3, -0.25) is 13.2 Å². The molecule has 9 aliphatic rings. The van der Waals surface area contributed by atoms with Crippen molar-refractivity contribution in [1.82, 2.24) is 0 Å². The molecule has 9 aliphatic carbocycles. The molecule has 296 valence electrons. The molecule has 0 saturated heterocycles. The zero-order valence-electron chi connectivity index (χ0n) is 30.4. The fourth-order valence-corrected chi connectivity index (χ4v) is 9.87. The van der Waals surface area contributed by atoms with Gasteiger partial charge in [0.25, 0.3) is 10.1 Å². The molecule has 8 nitrogen and oxygen atoms in total. The molecule has 0 atom stereocenters. The van der Waals surface area contributed by atoms with Gasteiger partial charge < -0.3 is 4.74 Å². The molecule has 3 fully saturated rings. The van der Waals surface area contributed by atoms with Gasteiger partial charge in [-0.25, -0.2) is 13.2 Å². The Morgan fingerprint density at radius 1 is 0.604 bits per heavy atom. The molecular weight excluding hydrogens is 751 g/mol. The molecule has 1 aromatic carbocycles. The maximum absolute atomic E-state index is 14.1. The number of benzene rings is 1. The first-order valence-corrected chi connectivity index (χ1v) is 20.4. The highest BCUT2D eigenvalue weighted by Crippen LogP contribution is 2.56. The number of ether oxygens (including phenoxy) is 1. The van der Waals surface area contributed by atoms with Gasteiger partial charge in [-0.15, -0.1) is 0 Å². The molecular formula is C37H46F6O8S2. The summed E-state index contributed by atoms with van der Waals surface area (Å²) in [5, 5.41) is 0. The number of carbonyl (C=O) groups excluding carboxylic acids is 1. The lowest BCUT2D eigenvalue weighted by atomic mass is 9.63. The number of carbonyl (C=O) groups is 1. The van der Waals surface area contributed by atoms with Crippen molar-refractivity contribution in [2.45, 2.75) is 139 Å². The Labute approximate surface area is 307 Å². The summed E-state index contributed by atoms with van der Waals surface area (Å²) in [5.74, 6) is -1.24. The van der Waals surface area contributed by atoms with Gasteiger partial charge in [0.2, 0.25) is 0 Å². The van der Waals surface area contributed by atoms with Crippen LogP contribution in [0.25, 0.3) is 0 Å². The SMILES string of the molecule is CC(=O)OC12C=C(F)C(C)(CC1)CC2.CC12CCC(OS(=O)(=O)C(F)(F)F)(C=C1F)CC2.Cc1ccc(S(=O)(=O)OC23C=C(F)C(C)(CC2)CC3)cc1. The number of hydrogen-bond acceptors (Lipinski definition) is 8. The van der Waals surface area contributed by atoms with Crippen molar-refractivity contribution < 1.29 is 61.1 Å². The number of alkyl halides is 3. The van der Waals surface area contributed by atoms with E-state index in [2.05, 4.69) is 4.18 Å². The van der Waals surface area contributed by atoms with E-state index in [0.29, 0.717) is 25.7 Å². The van der Waals surface area contributed by atoms with Crippen LogP contribution < -0.4 is 0 Å². The second-order valence-corrected chi connectivity index (χ2v) is 19.4. The zero-order valence-corrected chi connectivity index (χ0v) is 32.0. The molecule has 6 bridgehead atoms. The molecule has 0 aliphatic heterocycles. The first-order valence-electron chi connectivity index (χ1n) is 17.6. The molecule has 10 rings (SSSR count). The van der Waals surface area contributed by atoms with Gasteiger partial charge in [-0.05, 0) is 114 Å². The van der Waals surface area contributed by atoms with Crippen molar-refractivity contribution in [2.24, 2.45) is 16.2 Å². The molecule has 16 heteroatoms. The van der Waals surface area contributed by atoms with Gasteiger partial charge in [0, 0.05) is 23.2 Å². The molecule has 3 saturated carbocycles. The van der Waals surface area contributed by atoms with E-state index in [1.54, 1.807) is 19.1 Å². The second kappa shape index (κ2) is 13.8. The third-order valence-corrected chi connectivity index (χ3v) is 14.5. The Morgan fingerprint density at radius 3 is 1.28 bits per heavy atom. The van der Waals surface area contributed by atoms with Crippen molar-refractivity contribution in [3.05, 3.63) is 65.5 Å². The van der Waals surface area contributed by atoms with Crippen LogP contribution >= 0.6 is 0 Å². The maximum Gasteiger partial charge on any atom is 0.523 e. The Kier molecular flexibility index (Phi) is 10.8. The molecule has 0 spiro atoms. The fourth-order valence-electron chi connectivity index (χ4n) is 7.91. The van der Waals surface area contributed by atoms with Crippen LogP contribution in [0.2, 0.25) is 0 Å². The van der Waals surface area contributed by atoms with E-state index >= 15 is 0 Å². The van der Waals surface area contributed by atoms with Crippen LogP contribution in [-0.2, 0) is 38.1 Å². The number of aryl methyl sites for hydroxylation is 1. The van der Waals surface area contributed by atoms with Crippen LogP contribution in [0.4, 0.5) is 26.3 Å². The lowest BCUT2D eigenvalue weighted by Crippen LogP contribution is -2.47. The lowest BCUT2D eigenvalue weighted by molar-refractivity contribution is -0.158. The lowest BCUT2D eigenvalue weighted by Gasteiger charge is -2.47. The van der Waals surface area contributed by atoms with Gasteiger partial charge in [-0.1, -0.05) is 38.5 Å². The number of esters is 1. The summed E-state index contributed by atoms with van der Waals surface area (Å²) in [6.07, 6.45) is 9.92. The first kappa shape index (κ1) is 41.5. The minimum absolute atomic E-state index is 0.0756. The van der Waals surface area contributed by atoms with E-state index in [9.17, 15) is 48.0 Å². The number of rotatable bonds is 6. The Hall–Kier alpha value is -2.69.